The Kier molecular flexibility index (Phi) is 7.03. The van der Waals surface area contributed by atoms with Gasteiger partial charge < -0.3 is 10.1 Å². The Hall–Kier alpha value is -2.80. The number of hydrogen-bond donors (Lipinski definition) is 1. The lowest BCUT2D eigenvalue weighted by Crippen LogP contribution is -2.21. The van der Waals surface area contributed by atoms with Gasteiger partial charge in [-0.1, -0.05) is 53.9 Å². The van der Waals surface area contributed by atoms with Crippen LogP contribution >= 0.6 is 34.8 Å². The Balaban J connectivity index is 1.52. The van der Waals surface area contributed by atoms with Crippen LogP contribution in [0.5, 0.6) is 5.75 Å². The molecule has 0 unspecified atom stereocenters. The fourth-order valence-electron chi connectivity index (χ4n) is 3.54. The molecule has 0 aliphatic carbocycles. The predicted octanol–water partition coefficient (Wildman–Crippen LogP) is 6.89. The highest BCUT2D eigenvalue weighted by atomic mass is 35.5. The second-order valence-electron chi connectivity index (χ2n) is 8.02. The van der Waals surface area contributed by atoms with Crippen LogP contribution in [0.2, 0.25) is 15.1 Å². The van der Waals surface area contributed by atoms with Crippen molar-refractivity contribution in [2.45, 2.75) is 34.1 Å². The van der Waals surface area contributed by atoms with Gasteiger partial charge in [0.1, 0.15) is 11.0 Å². The van der Waals surface area contributed by atoms with E-state index in [1.807, 2.05) is 25.1 Å². The van der Waals surface area contributed by atoms with Gasteiger partial charge in [-0.3, -0.25) is 4.79 Å². The van der Waals surface area contributed by atoms with Gasteiger partial charge in [0.25, 0.3) is 5.91 Å². The van der Waals surface area contributed by atoms with E-state index in [9.17, 15) is 4.79 Å². The molecule has 0 aliphatic heterocycles. The first-order valence-corrected chi connectivity index (χ1v) is 11.9. The van der Waals surface area contributed by atoms with E-state index in [0.29, 0.717) is 27.4 Å². The van der Waals surface area contributed by atoms with Crippen LogP contribution in [0, 0.1) is 20.8 Å². The highest BCUT2D eigenvalue weighted by Crippen LogP contribution is 2.42. The molecule has 6 nitrogen and oxygen atoms in total. The van der Waals surface area contributed by atoms with Gasteiger partial charge in [0.15, 0.2) is 12.4 Å². The number of fused-ring (bicyclic) bond motifs is 1. The van der Waals surface area contributed by atoms with Crippen molar-refractivity contribution >= 4 is 57.4 Å². The maximum atomic E-state index is 12.6. The molecule has 0 bridgehead atoms. The number of halogens is 3. The molecule has 4 rings (SSSR count). The van der Waals surface area contributed by atoms with Crippen molar-refractivity contribution in [2.75, 3.05) is 11.9 Å². The summed E-state index contributed by atoms with van der Waals surface area (Å²) in [6.07, 6.45) is 0.969. The number of carbonyl (C=O) groups is 1. The van der Waals surface area contributed by atoms with Gasteiger partial charge >= 0.3 is 0 Å². The van der Waals surface area contributed by atoms with Gasteiger partial charge in [0.2, 0.25) is 0 Å². The van der Waals surface area contributed by atoms with Crippen LogP contribution in [0.25, 0.3) is 16.7 Å². The monoisotopic (exact) mass is 516 g/mol. The summed E-state index contributed by atoms with van der Waals surface area (Å²) in [5.74, 6) is -0.121. The molecule has 1 aromatic heterocycles. The number of aromatic nitrogens is 3. The van der Waals surface area contributed by atoms with Crippen molar-refractivity contribution in [3.05, 3.63) is 73.7 Å². The van der Waals surface area contributed by atoms with E-state index in [2.05, 4.69) is 34.6 Å². The van der Waals surface area contributed by atoms with Gasteiger partial charge in [-0.2, -0.15) is 4.80 Å². The lowest BCUT2D eigenvalue weighted by atomic mass is 10.1. The standard InChI is InChI=1S/C25H23Cl3N4O2/c1-5-16-6-8-17(9-7-16)32-30-19-10-13(2)18(11-20(19)31-32)29-21(33)12-34-25-23(27)14(3)22(26)15(4)24(25)28/h6-11H,5,12H2,1-4H3,(H,29,33). The molecule has 34 heavy (non-hydrogen) atoms. The Bertz CT molecular complexity index is 1370. The van der Waals surface area contributed by atoms with Crippen LogP contribution in [0.1, 0.15) is 29.2 Å². The number of carbonyl (C=O) groups excluding carboxylic acids is 1. The summed E-state index contributed by atoms with van der Waals surface area (Å²) in [6, 6.07) is 11.8. The average molecular weight is 518 g/mol. The molecule has 0 saturated heterocycles. The summed E-state index contributed by atoms with van der Waals surface area (Å²) in [4.78, 5) is 14.2. The number of rotatable bonds is 6. The largest absolute Gasteiger partial charge is 0.481 e. The van der Waals surface area contributed by atoms with E-state index >= 15 is 0 Å². The van der Waals surface area contributed by atoms with Gasteiger partial charge in [-0.25, -0.2) is 0 Å². The molecule has 0 radical (unpaired) electrons. The zero-order chi connectivity index (χ0) is 24.6. The third kappa shape index (κ3) is 4.71. The number of hydrogen-bond acceptors (Lipinski definition) is 4. The summed E-state index contributed by atoms with van der Waals surface area (Å²) in [6.45, 7) is 7.27. The van der Waals surface area contributed by atoms with Crippen molar-refractivity contribution in [3.8, 4) is 11.4 Å². The average Bonchev–Trinajstić information content (AvgIpc) is 3.24. The van der Waals surface area contributed by atoms with Crippen LogP contribution in [-0.2, 0) is 11.2 Å². The smallest absolute Gasteiger partial charge is 0.262 e. The molecule has 1 heterocycles. The zero-order valence-electron chi connectivity index (χ0n) is 19.2. The number of anilines is 1. The Morgan fingerprint density at radius 1 is 0.941 bits per heavy atom. The summed E-state index contributed by atoms with van der Waals surface area (Å²) >= 11 is 18.9. The van der Waals surface area contributed by atoms with Crippen molar-refractivity contribution in [1.82, 2.24) is 15.0 Å². The van der Waals surface area contributed by atoms with E-state index in [4.69, 9.17) is 39.5 Å². The summed E-state index contributed by atoms with van der Waals surface area (Å²) in [5.41, 5.74) is 6.28. The lowest BCUT2D eigenvalue weighted by Gasteiger charge is -2.15. The van der Waals surface area contributed by atoms with Gasteiger partial charge in [-0.15, -0.1) is 10.2 Å². The lowest BCUT2D eigenvalue weighted by molar-refractivity contribution is -0.118. The molecule has 0 aliphatic rings. The number of benzene rings is 3. The summed E-state index contributed by atoms with van der Waals surface area (Å²) < 4.78 is 5.66. The fraction of sp³-hybridized carbons (Fsp3) is 0.240. The predicted molar refractivity (Wildman–Crippen MR) is 138 cm³/mol. The Labute approximate surface area is 212 Å². The van der Waals surface area contributed by atoms with Gasteiger partial charge in [0.05, 0.1) is 15.7 Å². The highest BCUT2D eigenvalue weighted by Gasteiger charge is 2.19. The quantitative estimate of drug-likeness (QED) is 0.302. The first-order valence-electron chi connectivity index (χ1n) is 10.7. The van der Waals surface area contributed by atoms with Crippen LogP contribution in [0.15, 0.2) is 36.4 Å². The number of ether oxygens (including phenoxy) is 1. The number of nitrogens with one attached hydrogen (secondary N) is 1. The number of amides is 1. The normalized spacial score (nSPS) is 11.1. The Morgan fingerprint density at radius 3 is 2.12 bits per heavy atom. The van der Waals surface area contributed by atoms with E-state index in [1.54, 1.807) is 24.7 Å². The molecule has 0 atom stereocenters. The SMILES string of the molecule is CCc1ccc(-n2nc3cc(C)c(NC(=O)COc4c(Cl)c(C)c(Cl)c(C)c4Cl)cc3n2)cc1. The first kappa shape index (κ1) is 24.3. The van der Waals surface area contributed by atoms with Crippen molar-refractivity contribution in [1.29, 1.82) is 0 Å². The molecule has 1 amide bonds. The molecule has 0 saturated carbocycles. The molecular formula is C25H23Cl3N4O2. The van der Waals surface area contributed by atoms with Crippen molar-refractivity contribution in [2.24, 2.45) is 0 Å². The molecule has 9 heteroatoms. The summed E-state index contributed by atoms with van der Waals surface area (Å²) in [5, 5.41) is 13.0. The van der Waals surface area contributed by atoms with E-state index in [0.717, 1.165) is 23.2 Å². The molecular weight excluding hydrogens is 495 g/mol. The first-order chi connectivity index (χ1) is 16.2. The van der Waals surface area contributed by atoms with E-state index in [-0.39, 0.29) is 28.3 Å². The van der Waals surface area contributed by atoms with Crippen LogP contribution in [0.3, 0.4) is 0 Å². The maximum absolute atomic E-state index is 12.6. The minimum Gasteiger partial charge on any atom is -0.481 e. The summed E-state index contributed by atoms with van der Waals surface area (Å²) in [7, 11) is 0. The second-order valence-corrected chi connectivity index (χ2v) is 9.16. The minimum absolute atomic E-state index is 0.238. The maximum Gasteiger partial charge on any atom is 0.262 e. The number of nitrogens with zero attached hydrogens (tertiary/aromatic N) is 3. The van der Waals surface area contributed by atoms with Gasteiger partial charge in [0, 0.05) is 10.7 Å². The minimum atomic E-state index is -0.359. The molecule has 4 aromatic rings. The molecule has 3 aromatic carbocycles. The third-order valence-electron chi connectivity index (χ3n) is 5.64. The fourth-order valence-corrected chi connectivity index (χ4v) is 4.37. The van der Waals surface area contributed by atoms with Crippen molar-refractivity contribution in [3.63, 3.8) is 0 Å². The Morgan fingerprint density at radius 2 is 1.53 bits per heavy atom. The van der Waals surface area contributed by atoms with Crippen LogP contribution < -0.4 is 10.1 Å². The molecule has 176 valence electrons. The number of aryl methyl sites for hydroxylation is 2. The van der Waals surface area contributed by atoms with E-state index < -0.39 is 0 Å². The van der Waals surface area contributed by atoms with Crippen LogP contribution in [-0.4, -0.2) is 27.5 Å². The third-order valence-corrected chi connectivity index (χ3v) is 7.12. The highest BCUT2D eigenvalue weighted by molar-refractivity contribution is 6.42. The van der Waals surface area contributed by atoms with Gasteiger partial charge in [-0.05, 0) is 73.7 Å². The van der Waals surface area contributed by atoms with Crippen molar-refractivity contribution < 1.29 is 9.53 Å². The van der Waals surface area contributed by atoms with E-state index in [1.165, 1.54) is 5.56 Å². The van der Waals surface area contributed by atoms with Crippen LogP contribution in [0.4, 0.5) is 5.69 Å². The molecule has 0 fully saturated rings. The molecule has 0 spiro atoms. The molecule has 1 N–H and O–H groups in total. The topological polar surface area (TPSA) is 69.0 Å². The zero-order valence-corrected chi connectivity index (χ0v) is 21.4. The second kappa shape index (κ2) is 9.82.